The van der Waals surface area contributed by atoms with Gasteiger partial charge in [0.25, 0.3) is 11.8 Å². The van der Waals surface area contributed by atoms with Crippen LogP contribution in [0.25, 0.3) is 16.8 Å². The van der Waals surface area contributed by atoms with Crippen LogP contribution in [0.15, 0.2) is 60.8 Å². The summed E-state index contributed by atoms with van der Waals surface area (Å²) in [6.07, 6.45) is -7.54. The average molecular weight is 595 g/mol. The Balaban J connectivity index is 1.54. The Morgan fingerprint density at radius 3 is 2.19 bits per heavy atom. The first-order valence-electron chi connectivity index (χ1n) is 12.4. The van der Waals surface area contributed by atoms with Gasteiger partial charge in [-0.25, -0.2) is 4.52 Å². The number of amides is 2. The average Bonchev–Trinajstić information content (AvgIpc) is 3.31. The number of anilines is 2. The first-order chi connectivity index (χ1) is 19.7. The van der Waals surface area contributed by atoms with Gasteiger partial charge in [0.2, 0.25) is 5.95 Å². The number of fused-ring (bicyclic) bond motifs is 1. The Bertz CT molecular complexity index is 1580. The van der Waals surface area contributed by atoms with Gasteiger partial charge in [-0.3, -0.25) is 9.59 Å². The van der Waals surface area contributed by atoms with Crippen molar-refractivity contribution in [2.24, 2.45) is 0 Å². The number of pyridine rings is 1. The van der Waals surface area contributed by atoms with Crippen molar-refractivity contribution >= 4 is 29.1 Å². The molecule has 0 fully saturated rings. The van der Waals surface area contributed by atoms with Crippen LogP contribution in [0, 0.1) is 0 Å². The van der Waals surface area contributed by atoms with Crippen molar-refractivity contribution < 1.29 is 40.7 Å². The SMILES string of the molecule is CC(C)NC(=O)c1ccc(Nc2nc3ccc(-c4ccc(C(=O)NCC(F)(F)F)cc4)cn3n2)c(OCC(F)(F)F)c1. The molecule has 2 aromatic heterocycles. The highest BCUT2D eigenvalue weighted by molar-refractivity contribution is 5.96. The number of alkyl halides is 6. The Morgan fingerprint density at radius 1 is 0.881 bits per heavy atom. The summed E-state index contributed by atoms with van der Waals surface area (Å²) in [5.74, 6) is -1.56. The van der Waals surface area contributed by atoms with Gasteiger partial charge < -0.3 is 20.7 Å². The molecule has 222 valence electrons. The first-order valence-corrected chi connectivity index (χ1v) is 12.4. The van der Waals surface area contributed by atoms with E-state index < -0.39 is 37.3 Å². The molecular formula is C27H24F6N6O3. The molecule has 9 nitrogen and oxygen atoms in total. The third kappa shape index (κ3) is 8.11. The van der Waals surface area contributed by atoms with Crippen molar-refractivity contribution in [2.75, 3.05) is 18.5 Å². The van der Waals surface area contributed by atoms with Crippen molar-refractivity contribution in [1.29, 1.82) is 0 Å². The summed E-state index contributed by atoms with van der Waals surface area (Å²) < 4.78 is 82.1. The number of benzene rings is 2. The molecule has 0 atom stereocenters. The molecule has 0 bridgehead atoms. The van der Waals surface area contributed by atoms with E-state index in [1.165, 1.54) is 34.8 Å². The van der Waals surface area contributed by atoms with Crippen LogP contribution in [0.4, 0.5) is 38.0 Å². The lowest BCUT2D eigenvalue weighted by Crippen LogP contribution is -2.33. The fourth-order valence-electron chi connectivity index (χ4n) is 3.72. The summed E-state index contributed by atoms with van der Waals surface area (Å²) in [6.45, 7) is 0.458. The van der Waals surface area contributed by atoms with Gasteiger partial charge in [0.15, 0.2) is 12.3 Å². The number of aromatic nitrogens is 3. The summed E-state index contributed by atoms with van der Waals surface area (Å²) in [7, 11) is 0. The second-order valence-corrected chi connectivity index (χ2v) is 9.40. The molecule has 0 unspecified atom stereocenters. The van der Waals surface area contributed by atoms with Crippen LogP contribution in [0.2, 0.25) is 0 Å². The number of rotatable bonds is 9. The lowest BCUT2D eigenvalue weighted by atomic mass is 10.1. The number of hydrogen-bond donors (Lipinski definition) is 3. The van der Waals surface area contributed by atoms with Gasteiger partial charge in [-0.2, -0.15) is 31.3 Å². The highest BCUT2D eigenvalue weighted by atomic mass is 19.4. The zero-order chi connectivity index (χ0) is 30.7. The van der Waals surface area contributed by atoms with Crippen LogP contribution in [0.1, 0.15) is 34.6 Å². The van der Waals surface area contributed by atoms with Gasteiger partial charge in [0, 0.05) is 28.9 Å². The second-order valence-electron chi connectivity index (χ2n) is 9.40. The maximum absolute atomic E-state index is 12.9. The lowest BCUT2D eigenvalue weighted by Gasteiger charge is -2.15. The van der Waals surface area contributed by atoms with Crippen LogP contribution >= 0.6 is 0 Å². The molecule has 2 amide bonds. The van der Waals surface area contributed by atoms with E-state index in [-0.39, 0.29) is 34.6 Å². The predicted octanol–water partition coefficient (Wildman–Crippen LogP) is 5.51. The number of nitrogens with one attached hydrogen (secondary N) is 3. The topological polar surface area (TPSA) is 110 Å². The van der Waals surface area contributed by atoms with E-state index >= 15 is 0 Å². The number of halogens is 6. The molecule has 3 N–H and O–H groups in total. The van der Waals surface area contributed by atoms with Crippen molar-refractivity contribution in [2.45, 2.75) is 32.2 Å². The minimum absolute atomic E-state index is 0.0278. The van der Waals surface area contributed by atoms with Crippen LogP contribution in [0.5, 0.6) is 5.75 Å². The number of carbonyl (C=O) groups is 2. The molecule has 0 radical (unpaired) electrons. The van der Waals surface area contributed by atoms with Gasteiger partial charge in [-0.1, -0.05) is 12.1 Å². The fourth-order valence-corrected chi connectivity index (χ4v) is 3.72. The summed E-state index contributed by atoms with van der Waals surface area (Å²) in [6, 6.07) is 13.0. The van der Waals surface area contributed by atoms with Gasteiger partial charge >= 0.3 is 12.4 Å². The van der Waals surface area contributed by atoms with E-state index in [4.69, 9.17) is 4.74 Å². The van der Waals surface area contributed by atoms with Crippen molar-refractivity contribution in [1.82, 2.24) is 25.2 Å². The normalized spacial score (nSPS) is 11.9. The minimum Gasteiger partial charge on any atom is -0.482 e. The standard InChI is InChI=1S/C27H24F6N6O3/c1-15(2)35-24(41)18-7-9-20(21(11-18)42-14-27(31,32)33)36-25-37-22-10-8-19(12-39(22)38-25)16-3-5-17(6-4-16)23(40)34-13-26(28,29)30/h3-12,15H,13-14H2,1-2H3,(H,34,40)(H,35,41)(H,36,38). The van der Waals surface area contributed by atoms with E-state index in [9.17, 15) is 35.9 Å². The molecule has 0 spiro atoms. The quantitative estimate of drug-likeness (QED) is 0.221. The number of carbonyl (C=O) groups excluding carboxylic acids is 2. The molecule has 42 heavy (non-hydrogen) atoms. The Labute approximate surface area is 234 Å². The summed E-state index contributed by atoms with van der Waals surface area (Å²) in [5, 5.41) is 11.6. The maximum Gasteiger partial charge on any atom is 0.422 e. The van der Waals surface area contributed by atoms with Crippen LogP contribution in [0.3, 0.4) is 0 Å². The van der Waals surface area contributed by atoms with Crippen molar-refractivity contribution in [3.63, 3.8) is 0 Å². The third-order valence-electron chi connectivity index (χ3n) is 5.56. The smallest absolute Gasteiger partial charge is 0.422 e. The molecule has 0 aliphatic heterocycles. The van der Waals surface area contributed by atoms with Crippen molar-refractivity contribution in [3.05, 3.63) is 71.9 Å². The molecule has 4 aromatic rings. The van der Waals surface area contributed by atoms with Crippen LogP contribution in [-0.2, 0) is 0 Å². The monoisotopic (exact) mass is 594 g/mol. The number of hydrogen-bond acceptors (Lipinski definition) is 6. The summed E-state index contributed by atoms with van der Waals surface area (Å²) in [5.41, 5.74) is 1.89. The number of ether oxygens (including phenoxy) is 1. The zero-order valence-electron chi connectivity index (χ0n) is 22.1. The molecule has 2 heterocycles. The summed E-state index contributed by atoms with van der Waals surface area (Å²) in [4.78, 5) is 28.6. The Morgan fingerprint density at radius 2 is 1.55 bits per heavy atom. The van der Waals surface area contributed by atoms with E-state index in [1.54, 1.807) is 49.6 Å². The van der Waals surface area contributed by atoms with Gasteiger partial charge in [0.05, 0.1) is 5.69 Å². The molecule has 2 aromatic carbocycles. The van der Waals surface area contributed by atoms with Crippen LogP contribution < -0.4 is 20.7 Å². The second kappa shape index (κ2) is 12.0. The third-order valence-corrected chi connectivity index (χ3v) is 5.56. The molecular weight excluding hydrogens is 570 g/mol. The van der Waals surface area contributed by atoms with Crippen LogP contribution in [-0.4, -0.2) is 58.0 Å². The van der Waals surface area contributed by atoms with E-state index in [0.29, 0.717) is 16.8 Å². The molecule has 4 rings (SSSR count). The van der Waals surface area contributed by atoms with Gasteiger partial charge in [-0.15, -0.1) is 5.10 Å². The molecule has 0 saturated carbocycles. The first kappa shape index (κ1) is 30.1. The zero-order valence-corrected chi connectivity index (χ0v) is 22.1. The molecule has 0 aliphatic carbocycles. The Kier molecular flexibility index (Phi) is 8.59. The van der Waals surface area contributed by atoms with Gasteiger partial charge in [-0.05, 0) is 61.9 Å². The maximum atomic E-state index is 12.9. The molecule has 0 aliphatic rings. The fraction of sp³-hybridized carbons (Fsp3) is 0.259. The van der Waals surface area contributed by atoms with E-state index in [1.807, 2.05) is 0 Å². The largest absolute Gasteiger partial charge is 0.482 e. The highest BCUT2D eigenvalue weighted by Crippen LogP contribution is 2.30. The Hall–Kier alpha value is -4.82. The van der Waals surface area contributed by atoms with E-state index in [2.05, 4.69) is 20.7 Å². The van der Waals surface area contributed by atoms with E-state index in [0.717, 1.165) is 0 Å². The summed E-state index contributed by atoms with van der Waals surface area (Å²) >= 11 is 0. The number of nitrogens with zero attached hydrogens (tertiary/aromatic N) is 3. The van der Waals surface area contributed by atoms with Crippen molar-refractivity contribution in [3.8, 4) is 16.9 Å². The highest BCUT2D eigenvalue weighted by Gasteiger charge is 2.29. The minimum atomic E-state index is -4.61. The lowest BCUT2D eigenvalue weighted by molar-refractivity contribution is -0.153. The van der Waals surface area contributed by atoms with Gasteiger partial charge in [0.1, 0.15) is 12.3 Å². The molecule has 0 saturated heterocycles. The molecule has 15 heteroatoms. The predicted molar refractivity (Wildman–Crippen MR) is 141 cm³/mol.